The predicted octanol–water partition coefficient (Wildman–Crippen LogP) is 4.20. The van der Waals surface area contributed by atoms with Gasteiger partial charge in [0.15, 0.2) is 5.03 Å². The Balaban J connectivity index is 1.17. The van der Waals surface area contributed by atoms with E-state index in [0.717, 1.165) is 19.3 Å². The van der Waals surface area contributed by atoms with Crippen molar-refractivity contribution in [3.8, 4) is 0 Å². The summed E-state index contributed by atoms with van der Waals surface area (Å²) in [5, 5.41) is 5.93. The van der Waals surface area contributed by atoms with E-state index in [-0.39, 0.29) is 55.5 Å². The largest absolute Gasteiger partial charge is 0.394 e. The van der Waals surface area contributed by atoms with E-state index >= 15 is 0 Å². The number of ether oxygens (including phenoxy) is 1. The molecule has 48 heavy (non-hydrogen) atoms. The van der Waals surface area contributed by atoms with Crippen molar-refractivity contribution >= 4 is 39.3 Å². The number of alkyl halides is 3. The van der Waals surface area contributed by atoms with Gasteiger partial charge in [-0.05, 0) is 95.4 Å². The Morgan fingerprint density at radius 2 is 1.90 bits per heavy atom. The first-order valence-corrected chi connectivity index (χ1v) is 17.9. The Morgan fingerprint density at radius 3 is 2.65 bits per heavy atom. The number of hydrogen-bond acceptors (Lipinski definition) is 10. The molecule has 12 nitrogen and oxygen atoms in total. The lowest BCUT2D eigenvalue weighted by atomic mass is 9.93. The van der Waals surface area contributed by atoms with E-state index in [1.807, 2.05) is 4.90 Å². The number of hydrogen-bond donors (Lipinski definition) is 3. The molecular formula is C32H42F3N7O5S. The van der Waals surface area contributed by atoms with Crippen LogP contribution in [-0.2, 0) is 19.6 Å². The van der Waals surface area contributed by atoms with Crippen molar-refractivity contribution in [2.24, 2.45) is 11.3 Å². The van der Waals surface area contributed by atoms with E-state index in [0.29, 0.717) is 49.4 Å². The molecule has 3 aliphatic heterocycles. The summed E-state index contributed by atoms with van der Waals surface area (Å²) in [5.74, 6) is 0.218. The first kappa shape index (κ1) is 34.4. The van der Waals surface area contributed by atoms with Crippen LogP contribution >= 0.6 is 0 Å². The zero-order chi connectivity index (χ0) is 34.3. The molecule has 1 unspecified atom stereocenters. The van der Waals surface area contributed by atoms with Gasteiger partial charge in [-0.1, -0.05) is 6.07 Å². The molecular weight excluding hydrogens is 651 g/mol. The lowest BCUT2D eigenvalue weighted by molar-refractivity contribution is -0.189. The highest BCUT2D eigenvalue weighted by Crippen LogP contribution is 2.60. The summed E-state index contributed by atoms with van der Waals surface area (Å²) in [6, 6.07) is 7.02. The van der Waals surface area contributed by atoms with Crippen molar-refractivity contribution in [3.05, 3.63) is 35.9 Å². The number of nitrogens with zero attached hydrogens (tertiary/aromatic N) is 4. The summed E-state index contributed by atoms with van der Waals surface area (Å²) >= 11 is 0. The summed E-state index contributed by atoms with van der Waals surface area (Å²) in [6.45, 7) is 5.85. The Kier molecular flexibility index (Phi) is 9.37. The molecule has 2 aromatic rings. The number of carbonyl (C=O) groups is 2. The molecule has 4 aliphatic rings. The fraction of sp³-hybridized carbons (Fsp3) is 0.625. The van der Waals surface area contributed by atoms with Gasteiger partial charge < -0.3 is 15.0 Å². The second-order valence-electron chi connectivity index (χ2n) is 13.9. The standard InChI is InChI=1S/C32H42F3N7O5S/c1-30(2)18-21-6-4-15-36-24-7-3-8-26(38-24)48(45,46)40-28(43)22-9-10-25(39-27(22)42(30)19-21)41-16-11-23(29(41)44)37-20-47-17-5-12-31(13-14-31)32(33,34)35/h3,7-10,21,23,37H,4-6,11-20H2,1-2H3,(H,36,38)(H,40,43)/t21-,23?/m0/s1. The Morgan fingerprint density at radius 1 is 1.10 bits per heavy atom. The molecule has 4 bridgehead atoms. The van der Waals surface area contributed by atoms with Gasteiger partial charge in [0, 0.05) is 31.8 Å². The van der Waals surface area contributed by atoms with Crippen molar-refractivity contribution < 1.29 is 35.9 Å². The normalized spacial score (nSPS) is 24.7. The highest BCUT2D eigenvalue weighted by Gasteiger charge is 2.62. The van der Waals surface area contributed by atoms with Crippen LogP contribution in [-0.4, -0.2) is 80.9 Å². The van der Waals surface area contributed by atoms with Gasteiger partial charge in [-0.3, -0.25) is 19.8 Å². The molecule has 5 heterocycles. The van der Waals surface area contributed by atoms with E-state index < -0.39 is 39.1 Å². The van der Waals surface area contributed by atoms with Gasteiger partial charge in [-0.15, -0.1) is 0 Å². The number of amides is 2. The van der Waals surface area contributed by atoms with E-state index in [1.54, 1.807) is 12.1 Å². The zero-order valence-corrected chi connectivity index (χ0v) is 27.9. The quantitative estimate of drug-likeness (QED) is 0.272. The average Bonchev–Trinajstić information content (AvgIpc) is 3.66. The molecule has 0 aromatic carbocycles. The fourth-order valence-electron chi connectivity index (χ4n) is 7.09. The Labute approximate surface area is 278 Å². The number of sulfonamides is 1. The maximum absolute atomic E-state index is 13.6. The minimum absolute atomic E-state index is 0.0200. The van der Waals surface area contributed by atoms with Crippen LogP contribution in [0, 0.1) is 11.3 Å². The van der Waals surface area contributed by atoms with Gasteiger partial charge in [0.2, 0.25) is 5.91 Å². The van der Waals surface area contributed by atoms with Gasteiger partial charge in [-0.2, -0.15) is 21.6 Å². The number of rotatable bonds is 8. The van der Waals surface area contributed by atoms with Crippen LogP contribution in [0.25, 0.3) is 0 Å². The summed E-state index contributed by atoms with van der Waals surface area (Å²) in [7, 11) is -4.31. The zero-order valence-electron chi connectivity index (χ0n) is 27.1. The van der Waals surface area contributed by atoms with E-state index in [1.165, 1.54) is 23.1 Å². The summed E-state index contributed by atoms with van der Waals surface area (Å²) in [5.41, 5.74) is -1.90. The molecule has 0 spiro atoms. The second-order valence-corrected chi connectivity index (χ2v) is 15.5. The summed E-state index contributed by atoms with van der Waals surface area (Å²) in [4.78, 5) is 39.6. The van der Waals surface area contributed by atoms with Gasteiger partial charge in [0.1, 0.15) is 17.5 Å². The minimum atomic E-state index is -4.31. The lowest BCUT2D eigenvalue weighted by Gasteiger charge is -2.34. The minimum Gasteiger partial charge on any atom is -0.370 e. The molecule has 2 amide bonds. The van der Waals surface area contributed by atoms with Crippen LogP contribution < -0.4 is 25.2 Å². The average molecular weight is 694 g/mol. The summed E-state index contributed by atoms with van der Waals surface area (Å²) in [6.07, 6.45) is -0.508. The predicted molar refractivity (Wildman–Crippen MR) is 172 cm³/mol. The molecule has 16 heteroatoms. The topological polar surface area (TPSA) is 146 Å². The molecule has 2 aromatic heterocycles. The van der Waals surface area contributed by atoms with Crippen molar-refractivity contribution in [2.45, 2.75) is 88.0 Å². The van der Waals surface area contributed by atoms with Gasteiger partial charge in [-0.25, -0.2) is 14.7 Å². The van der Waals surface area contributed by atoms with Crippen LogP contribution in [0.4, 0.5) is 30.6 Å². The smallest absolute Gasteiger partial charge is 0.370 e. The van der Waals surface area contributed by atoms with Crippen molar-refractivity contribution in [1.29, 1.82) is 0 Å². The SMILES string of the molecule is CC1(C)C[C@@H]2CCCNc3cccc(n3)S(=O)(=O)NC(=O)c3ccc(N4CCC(NCOCCCC5(C(F)(F)F)CC5)C4=O)nc3N1C2. The molecule has 3 N–H and O–H groups in total. The lowest BCUT2D eigenvalue weighted by Crippen LogP contribution is -2.42. The maximum atomic E-state index is 13.6. The van der Waals surface area contributed by atoms with Crippen LogP contribution in [0.1, 0.15) is 75.6 Å². The van der Waals surface area contributed by atoms with Gasteiger partial charge in [0.05, 0.1) is 23.8 Å². The van der Waals surface area contributed by atoms with E-state index in [2.05, 4.69) is 34.2 Å². The van der Waals surface area contributed by atoms with Crippen LogP contribution in [0.3, 0.4) is 0 Å². The maximum Gasteiger partial charge on any atom is 0.394 e. The molecule has 0 radical (unpaired) electrons. The number of aromatic nitrogens is 2. The second kappa shape index (κ2) is 13.1. The number of carbonyl (C=O) groups excluding carboxylic acids is 2. The van der Waals surface area contributed by atoms with Crippen molar-refractivity contribution in [3.63, 3.8) is 0 Å². The van der Waals surface area contributed by atoms with Crippen LogP contribution in [0.2, 0.25) is 0 Å². The third-order valence-corrected chi connectivity index (χ3v) is 11.2. The third kappa shape index (κ3) is 7.10. The first-order valence-electron chi connectivity index (χ1n) is 16.5. The number of halogens is 3. The Hall–Kier alpha value is -3.50. The van der Waals surface area contributed by atoms with Gasteiger partial charge >= 0.3 is 6.18 Å². The molecule has 1 aliphatic carbocycles. The molecule has 6 rings (SSSR count). The molecule has 3 fully saturated rings. The number of anilines is 3. The van der Waals surface area contributed by atoms with E-state index in [4.69, 9.17) is 9.72 Å². The molecule has 2 saturated heterocycles. The molecule has 262 valence electrons. The third-order valence-electron chi connectivity index (χ3n) is 9.95. The number of nitrogens with one attached hydrogen (secondary N) is 3. The molecule has 1 saturated carbocycles. The van der Waals surface area contributed by atoms with E-state index in [9.17, 15) is 31.2 Å². The number of pyridine rings is 2. The summed E-state index contributed by atoms with van der Waals surface area (Å²) < 4.78 is 73.6. The first-order chi connectivity index (χ1) is 22.7. The molecule has 2 atom stereocenters. The van der Waals surface area contributed by atoms with Crippen LogP contribution in [0.5, 0.6) is 0 Å². The van der Waals surface area contributed by atoms with Gasteiger partial charge in [0.25, 0.3) is 15.9 Å². The van der Waals surface area contributed by atoms with Crippen molar-refractivity contribution in [2.75, 3.05) is 48.1 Å². The monoisotopic (exact) mass is 693 g/mol. The van der Waals surface area contributed by atoms with Crippen molar-refractivity contribution in [1.82, 2.24) is 20.0 Å². The Bertz CT molecular complexity index is 1650. The van der Waals surface area contributed by atoms with Crippen LogP contribution in [0.15, 0.2) is 35.4 Å². The number of fused-ring (bicyclic) bond motifs is 6. The highest BCUT2D eigenvalue weighted by molar-refractivity contribution is 7.90. The fourth-order valence-corrected chi connectivity index (χ4v) is 8.03. The highest BCUT2D eigenvalue weighted by atomic mass is 32.2.